The van der Waals surface area contributed by atoms with Gasteiger partial charge in [0.05, 0.1) is 18.1 Å². The lowest BCUT2D eigenvalue weighted by molar-refractivity contribution is -0.384. The van der Waals surface area contributed by atoms with Gasteiger partial charge in [-0.3, -0.25) is 25.1 Å². The fourth-order valence-corrected chi connectivity index (χ4v) is 5.80. The van der Waals surface area contributed by atoms with Crippen LogP contribution in [-0.4, -0.2) is 118 Å². The van der Waals surface area contributed by atoms with Crippen molar-refractivity contribution in [3.63, 3.8) is 0 Å². The molecule has 17 heteroatoms. The van der Waals surface area contributed by atoms with Crippen molar-refractivity contribution in [1.29, 1.82) is 5.41 Å². The maximum atomic E-state index is 13.9. The van der Waals surface area contributed by atoms with E-state index < -0.39 is 54.2 Å². The zero-order chi connectivity index (χ0) is 35.9. The van der Waals surface area contributed by atoms with E-state index in [1.807, 2.05) is 4.90 Å². The van der Waals surface area contributed by atoms with Crippen LogP contribution in [0.2, 0.25) is 0 Å². The Morgan fingerprint density at radius 3 is 2.40 bits per heavy atom. The van der Waals surface area contributed by atoms with Crippen molar-refractivity contribution in [2.45, 2.75) is 36.7 Å². The fraction of sp³-hybridized carbons (Fsp3) is 0.364. The molecule has 0 saturated carbocycles. The first-order valence-electron chi connectivity index (χ1n) is 15.8. The second-order valence-electron chi connectivity index (χ2n) is 11.8. The molecule has 2 fully saturated rings. The Balaban J connectivity index is 1.32. The first-order chi connectivity index (χ1) is 24.0. The minimum Gasteiger partial charge on any atom is -0.462 e. The number of piperazine rings is 1. The van der Waals surface area contributed by atoms with Crippen molar-refractivity contribution in [3.05, 3.63) is 94.0 Å². The molecule has 5 rings (SSSR count). The number of rotatable bonds is 12. The summed E-state index contributed by atoms with van der Waals surface area (Å²) in [6, 6.07) is 17.9. The van der Waals surface area contributed by atoms with Gasteiger partial charge in [-0.25, -0.2) is 0 Å². The summed E-state index contributed by atoms with van der Waals surface area (Å²) in [6.07, 6.45) is -7.77. The summed E-state index contributed by atoms with van der Waals surface area (Å²) in [5.74, 6) is -1.17. The summed E-state index contributed by atoms with van der Waals surface area (Å²) >= 11 is 0. The van der Waals surface area contributed by atoms with Crippen LogP contribution < -0.4 is 26.0 Å². The number of nitrogens with zero attached hydrogens (tertiary/aromatic N) is 3. The molecule has 3 aromatic rings. The molecular formula is C33H39N7O10. The molecule has 0 aliphatic carbocycles. The van der Waals surface area contributed by atoms with Crippen LogP contribution in [0.25, 0.3) is 0 Å². The number of hydrogen-bond acceptors (Lipinski definition) is 13. The van der Waals surface area contributed by atoms with Gasteiger partial charge in [0, 0.05) is 49.1 Å². The smallest absolute Gasteiger partial charge is 0.292 e. The Morgan fingerprint density at radius 1 is 1.00 bits per heavy atom. The Kier molecular flexibility index (Phi) is 11.5. The number of para-hydroxylation sites is 3. The molecule has 9 N–H and O–H groups in total. The van der Waals surface area contributed by atoms with Gasteiger partial charge in [-0.15, -0.1) is 0 Å². The SMILES string of the molecule is N=C(N)c1cccc(NC(C(=O)NCC(=O)N2CCN(c3ccccc3[N+](=O)[O-])CC2)c2ccccc2OC2OC(CO)C(O)C(O)C2O)c1. The van der Waals surface area contributed by atoms with Crippen LogP contribution >= 0.6 is 0 Å². The highest BCUT2D eigenvalue weighted by atomic mass is 16.7. The number of carbonyl (C=O) groups is 2. The molecule has 2 heterocycles. The molecule has 0 radical (unpaired) electrons. The molecular weight excluding hydrogens is 654 g/mol. The lowest BCUT2D eigenvalue weighted by Crippen LogP contribution is -2.60. The van der Waals surface area contributed by atoms with E-state index >= 15 is 0 Å². The van der Waals surface area contributed by atoms with Gasteiger partial charge in [0.15, 0.2) is 0 Å². The number of carbonyl (C=O) groups excluding carboxylic acids is 2. The van der Waals surface area contributed by atoms with Crippen LogP contribution in [0.15, 0.2) is 72.8 Å². The van der Waals surface area contributed by atoms with Crippen molar-refractivity contribution in [1.82, 2.24) is 10.2 Å². The number of nitrogen functional groups attached to an aromatic ring is 1. The number of benzene rings is 3. The monoisotopic (exact) mass is 693 g/mol. The normalized spacial score (nSPS) is 22.7. The number of nitrogens with one attached hydrogen (secondary N) is 3. The molecule has 50 heavy (non-hydrogen) atoms. The molecule has 3 aromatic carbocycles. The predicted octanol–water partition coefficient (Wildman–Crippen LogP) is -0.324. The van der Waals surface area contributed by atoms with Crippen LogP contribution in [-0.2, 0) is 14.3 Å². The third kappa shape index (κ3) is 8.10. The number of nitro benzene ring substituents is 1. The lowest BCUT2D eigenvalue weighted by atomic mass is 9.99. The van der Waals surface area contributed by atoms with E-state index in [2.05, 4.69) is 10.6 Å². The summed E-state index contributed by atoms with van der Waals surface area (Å²) < 4.78 is 11.4. The number of anilines is 2. The van der Waals surface area contributed by atoms with E-state index in [9.17, 15) is 40.1 Å². The molecule has 0 bridgehead atoms. The van der Waals surface area contributed by atoms with Crippen LogP contribution in [0.1, 0.15) is 17.2 Å². The fourth-order valence-electron chi connectivity index (χ4n) is 5.80. The zero-order valence-corrected chi connectivity index (χ0v) is 26.8. The second kappa shape index (κ2) is 15.9. The number of nitro groups is 1. The van der Waals surface area contributed by atoms with E-state index in [-0.39, 0.29) is 48.4 Å². The molecule has 0 aromatic heterocycles. The molecule has 2 amide bonds. The first kappa shape index (κ1) is 36.0. The average molecular weight is 694 g/mol. The third-order valence-corrected chi connectivity index (χ3v) is 8.53. The van der Waals surface area contributed by atoms with Crippen LogP contribution in [0, 0.1) is 15.5 Å². The average Bonchev–Trinajstić information content (AvgIpc) is 3.13. The Hall–Kier alpha value is -5.33. The maximum absolute atomic E-state index is 13.9. The Morgan fingerprint density at radius 2 is 1.70 bits per heavy atom. The minimum atomic E-state index is -1.71. The summed E-state index contributed by atoms with van der Waals surface area (Å²) in [6.45, 7) is 0.215. The highest BCUT2D eigenvalue weighted by Gasteiger charge is 2.45. The largest absolute Gasteiger partial charge is 0.462 e. The zero-order valence-electron chi connectivity index (χ0n) is 26.8. The second-order valence-corrected chi connectivity index (χ2v) is 11.8. The molecule has 0 spiro atoms. The van der Waals surface area contributed by atoms with Gasteiger partial charge in [-0.1, -0.05) is 42.5 Å². The van der Waals surface area contributed by atoms with Gasteiger partial charge < -0.3 is 56.1 Å². The standard InChI is InChI=1S/C33H39N7O10/c34-31(35)19-6-5-7-20(16-19)37-27(21-8-1-4-11-24(21)49-33-30(45)29(44)28(43)25(18-41)50-33)32(46)36-17-26(42)39-14-12-38(13-15-39)22-9-2-3-10-23(22)40(47)48/h1-11,16,25,27-30,33,37,41,43-45H,12-15,17-18H2,(H3,34,35)(H,36,46). The van der Waals surface area contributed by atoms with Crippen molar-refractivity contribution >= 4 is 34.7 Å². The number of nitrogens with two attached hydrogens (primary N) is 1. The van der Waals surface area contributed by atoms with Crippen molar-refractivity contribution in [2.24, 2.45) is 5.73 Å². The van der Waals surface area contributed by atoms with Gasteiger partial charge in [0.25, 0.3) is 5.69 Å². The van der Waals surface area contributed by atoms with Gasteiger partial charge in [-0.2, -0.15) is 0 Å². The van der Waals surface area contributed by atoms with Gasteiger partial charge >= 0.3 is 0 Å². The lowest BCUT2D eigenvalue weighted by Gasteiger charge is -2.40. The van der Waals surface area contributed by atoms with Crippen LogP contribution in [0.3, 0.4) is 0 Å². The summed E-state index contributed by atoms with van der Waals surface area (Å²) in [5.41, 5.74) is 7.13. The first-order valence-corrected chi connectivity index (χ1v) is 15.8. The number of amides is 2. The number of aliphatic hydroxyl groups excluding tert-OH is 4. The highest BCUT2D eigenvalue weighted by molar-refractivity contribution is 5.96. The van der Waals surface area contributed by atoms with Gasteiger partial charge in [-0.05, 0) is 24.3 Å². The van der Waals surface area contributed by atoms with Gasteiger partial charge in [0.1, 0.15) is 47.7 Å². The third-order valence-electron chi connectivity index (χ3n) is 8.53. The molecule has 266 valence electrons. The van der Waals surface area contributed by atoms with Crippen LogP contribution in [0.5, 0.6) is 5.75 Å². The number of ether oxygens (including phenoxy) is 2. The van der Waals surface area contributed by atoms with Gasteiger partial charge in [0.2, 0.25) is 18.1 Å². The molecule has 17 nitrogen and oxygen atoms in total. The number of aliphatic hydroxyl groups is 4. The predicted molar refractivity (Wildman–Crippen MR) is 180 cm³/mol. The number of amidine groups is 1. The topological polar surface area (TPSA) is 257 Å². The molecule has 2 saturated heterocycles. The van der Waals surface area contributed by atoms with E-state index in [1.165, 1.54) is 12.1 Å². The Bertz CT molecular complexity index is 1700. The van der Waals surface area contributed by atoms with Crippen molar-refractivity contribution in [3.8, 4) is 5.75 Å². The van der Waals surface area contributed by atoms with Crippen molar-refractivity contribution in [2.75, 3.05) is 49.5 Å². The number of hydrogen-bond donors (Lipinski definition) is 8. The highest BCUT2D eigenvalue weighted by Crippen LogP contribution is 2.32. The molecule has 6 unspecified atom stereocenters. The van der Waals surface area contributed by atoms with E-state index in [4.69, 9.17) is 20.6 Å². The quantitative estimate of drug-likeness (QED) is 0.0524. The summed E-state index contributed by atoms with van der Waals surface area (Å²) in [4.78, 5) is 41.5. The van der Waals surface area contributed by atoms with E-state index in [0.29, 0.717) is 30.0 Å². The van der Waals surface area contributed by atoms with Crippen molar-refractivity contribution < 1.29 is 44.4 Å². The Labute approximate surface area is 286 Å². The molecule has 2 aliphatic rings. The summed E-state index contributed by atoms with van der Waals surface area (Å²) in [5, 5.41) is 65.7. The van der Waals surface area contributed by atoms with Crippen LogP contribution in [0.4, 0.5) is 17.1 Å². The molecule has 2 aliphatic heterocycles. The summed E-state index contributed by atoms with van der Waals surface area (Å²) in [7, 11) is 0. The van der Waals surface area contributed by atoms with E-state index in [1.54, 1.807) is 65.6 Å². The van der Waals surface area contributed by atoms with E-state index in [0.717, 1.165) is 0 Å². The minimum absolute atomic E-state index is 0.0253. The molecule has 6 atom stereocenters. The maximum Gasteiger partial charge on any atom is 0.292 e.